The molecule has 0 aromatic heterocycles. The molecule has 0 aromatic rings. The van der Waals surface area contributed by atoms with E-state index < -0.39 is 0 Å². The molecule has 0 atom stereocenters. The molecule has 1 saturated heterocycles. The normalized spacial score (nSPS) is 30.3. The summed E-state index contributed by atoms with van der Waals surface area (Å²) in [5.74, 6) is 1.03. The molecule has 0 radical (unpaired) electrons. The van der Waals surface area contributed by atoms with E-state index in [0.29, 0.717) is 31.6 Å². The molecule has 17 heavy (non-hydrogen) atoms. The zero-order chi connectivity index (χ0) is 12.1. The Balaban J connectivity index is 1.65. The largest absolute Gasteiger partial charge is 0.378 e. The van der Waals surface area contributed by atoms with Crippen LogP contribution in [-0.2, 0) is 9.53 Å². The second kappa shape index (κ2) is 6.36. The van der Waals surface area contributed by atoms with Crippen LogP contribution in [0.4, 0.5) is 0 Å². The maximum absolute atomic E-state index is 12.0. The first-order chi connectivity index (χ1) is 8.25. The number of ether oxygens (including phenoxy) is 1. The van der Waals surface area contributed by atoms with Gasteiger partial charge < -0.3 is 15.4 Å². The molecule has 1 aliphatic carbocycles. The van der Waals surface area contributed by atoms with Crippen LogP contribution in [0.1, 0.15) is 38.5 Å². The SMILES string of the molecule is NC1CCC(CCC(=O)N2CCOCC2)CC1. The van der Waals surface area contributed by atoms with Crippen LogP contribution in [0.3, 0.4) is 0 Å². The Labute approximate surface area is 103 Å². The third kappa shape index (κ3) is 3.96. The Morgan fingerprint density at radius 2 is 1.82 bits per heavy atom. The zero-order valence-electron chi connectivity index (χ0n) is 10.6. The predicted octanol–water partition coefficient (Wildman–Crippen LogP) is 1.14. The smallest absolute Gasteiger partial charge is 0.222 e. The van der Waals surface area contributed by atoms with E-state index in [4.69, 9.17) is 10.5 Å². The van der Waals surface area contributed by atoms with Gasteiger partial charge in [0, 0.05) is 25.6 Å². The minimum atomic E-state index is 0.308. The second-order valence-electron chi connectivity index (χ2n) is 5.31. The van der Waals surface area contributed by atoms with Crippen molar-refractivity contribution in [2.45, 2.75) is 44.6 Å². The van der Waals surface area contributed by atoms with Crippen LogP contribution < -0.4 is 5.73 Å². The van der Waals surface area contributed by atoms with Crippen molar-refractivity contribution in [3.8, 4) is 0 Å². The van der Waals surface area contributed by atoms with E-state index in [9.17, 15) is 4.79 Å². The average molecular weight is 240 g/mol. The van der Waals surface area contributed by atoms with Gasteiger partial charge in [0.2, 0.25) is 5.91 Å². The summed E-state index contributed by atoms with van der Waals surface area (Å²) in [5.41, 5.74) is 5.88. The predicted molar refractivity (Wildman–Crippen MR) is 66.6 cm³/mol. The van der Waals surface area contributed by atoms with E-state index >= 15 is 0 Å². The summed E-state index contributed by atoms with van der Waals surface area (Å²) < 4.78 is 5.25. The van der Waals surface area contributed by atoms with E-state index in [0.717, 1.165) is 38.3 Å². The first kappa shape index (κ1) is 12.8. The Morgan fingerprint density at radius 3 is 2.47 bits per heavy atom. The lowest BCUT2D eigenvalue weighted by Crippen LogP contribution is -2.40. The van der Waals surface area contributed by atoms with Crippen LogP contribution in [0, 0.1) is 5.92 Å². The van der Waals surface area contributed by atoms with Gasteiger partial charge in [-0.15, -0.1) is 0 Å². The Bertz CT molecular complexity index is 244. The summed E-state index contributed by atoms with van der Waals surface area (Å²) in [6.45, 7) is 2.94. The number of hydrogen-bond donors (Lipinski definition) is 1. The number of hydrogen-bond acceptors (Lipinski definition) is 3. The van der Waals surface area contributed by atoms with Crippen molar-refractivity contribution >= 4 is 5.91 Å². The van der Waals surface area contributed by atoms with E-state index in [1.807, 2.05) is 4.90 Å². The first-order valence-corrected chi connectivity index (χ1v) is 6.87. The van der Waals surface area contributed by atoms with Gasteiger partial charge in [0.15, 0.2) is 0 Å². The monoisotopic (exact) mass is 240 g/mol. The highest BCUT2D eigenvalue weighted by atomic mass is 16.5. The van der Waals surface area contributed by atoms with Gasteiger partial charge in [0.05, 0.1) is 13.2 Å². The van der Waals surface area contributed by atoms with Gasteiger partial charge in [-0.3, -0.25) is 4.79 Å². The van der Waals surface area contributed by atoms with Crippen molar-refractivity contribution in [3.05, 3.63) is 0 Å². The number of amides is 1. The quantitative estimate of drug-likeness (QED) is 0.805. The van der Waals surface area contributed by atoms with E-state index in [-0.39, 0.29) is 0 Å². The molecule has 1 saturated carbocycles. The van der Waals surface area contributed by atoms with Crippen LogP contribution >= 0.6 is 0 Å². The topological polar surface area (TPSA) is 55.6 Å². The highest BCUT2D eigenvalue weighted by molar-refractivity contribution is 5.76. The third-order valence-corrected chi connectivity index (χ3v) is 4.02. The van der Waals surface area contributed by atoms with E-state index in [1.165, 1.54) is 12.8 Å². The lowest BCUT2D eigenvalue weighted by molar-refractivity contribution is -0.135. The standard InChI is InChI=1S/C13H24N2O2/c14-12-4-1-11(2-5-12)3-6-13(16)15-7-9-17-10-8-15/h11-12H,1-10,14H2. The molecule has 1 heterocycles. The van der Waals surface area contributed by atoms with Gasteiger partial charge in [-0.1, -0.05) is 0 Å². The van der Waals surface area contributed by atoms with E-state index in [1.54, 1.807) is 0 Å². The molecule has 1 aliphatic heterocycles. The third-order valence-electron chi connectivity index (χ3n) is 4.02. The Morgan fingerprint density at radius 1 is 1.18 bits per heavy atom. The van der Waals surface area contributed by atoms with Gasteiger partial charge >= 0.3 is 0 Å². The zero-order valence-corrected chi connectivity index (χ0v) is 10.6. The molecule has 0 aromatic carbocycles. The molecule has 2 fully saturated rings. The van der Waals surface area contributed by atoms with E-state index in [2.05, 4.69) is 0 Å². The van der Waals surface area contributed by atoms with Crippen LogP contribution in [0.25, 0.3) is 0 Å². The fourth-order valence-corrected chi connectivity index (χ4v) is 2.78. The molecule has 2 aliphatic rings. The van der Waals surface area contributed by atoms with Crippen molar-refractivity contribution < 1.29 is 9.53 Å². The summed E-state index contributed by atoms with van der Waals surface area (Å²) >= 11 is 0. The molecule has 0 spiro atoms. The van der Waals surface area contributed by atoms with Crippen LogP contribution in [0.2, 0.25) is 0 Å². The lowest BCUT2D eigenvalue weighted by Gasteiger charge is -2.29. The number of nitrogens with two attached hydrogens (primary N) is 1. The maximum Gasteiger partial charge on any atom is 0.222 e. The molecule has 4 heteroatoms. The fourth-order valence-electron chi connectivity index (χ4n) is 2.78. The van der Waals surface area contributed by atoms with Gasteiger partial charge in [-0.05, 0) is 38.0 Å². The molecular weight excluding hydrogens is 216 g/mol. The second-order valence-corrected chi connectivity index (χ2v) is 5.31. The molecule has 1 amide bonds. The molecule has 98 valence electrons. The van der Waals surface area contributed by atoms with Crippen LogP contribution in [0.15, 0.2) is 0 Å². The lowest BCUT2D eigenvalue weighted by atomic mass is 9.84. The minimum absolute atomic E-state index is 0.308. The molecule has 2 N–H and O–H groups in total. The van der Waals surface area contributed by atoms with Crippen LogP contribution in [-0.4, -0.2) is 43.2 Å². The summed E-state index contributed by atoms with van der Waals surface area (Å²) in [6, 6.07) is 0.404. The molecule has 2 rings (SSSR count). The highest BCUT2D eigenvalue weighted by Gasteiger charge is 2.21. The van der Waals surface area contributed by atoms with Gasteiger partial charge in [-0.2, -0.15) is 0 Å². The number of morpholine rings is 1. The van der Waals surface area contributed by atoms with Crippen molar-refractivity contribution in [2.75, 3.05) is 26.3 Å². The van der Waals surface area contributed by atoms with Crippen molar-refractivity contribution in [3.63, 3.8) is 0 Å². The van der Waals surface area contributed by atoms with Crippen molar-refractivity contribution in [1.82, 2.24) is 4.90 Å². The minimum Gasteiger partial charge on any atom is -0.378 e. The average Bonchev–Trinajstić information content (AvgIpc) is 2.39. The highest BCUT2D eigenvalue weighted by Crippen LogP contribution is 2.27. The number of carbonyl (C=O) groups excluding carboxylic acids is 1. The Kier molecular flexibility index (Phi) is 4.80. The Hall–Kier alpha value is -0.610. The summed E-state index contributed by atoms with van der Waals surface area (Å²) in [4.78, 5) is 13.9. The van der Waals surface area contributed by atoms with Crippen LogP contribution in [0.5, 0.6) is 0 Å². The van der Waals surface area contributed by atoms with Gasteiger partial charge in [-0.25, -0.2) is 0 Å². The molecule has 0 bridgehead atoms. The molecule has 0 unspecified atom stereocenters. The molecule has 4 nitrogen and oxygen atoms in total. The number of rotatable bonds is 3. The number of nitrogens with zero attached hydrogens (tertiary/aromatic N) is 1. The maximum atomic E-state index is 12.0. The summed E-state index contributed by atoms with van der Waals surface area (Å²) in [5, 5.41) is 0. The fraction of sp³-hybridized carbons (Fsp3) is 0.923. The molecular formula is C13H24N2O2. The van der Waals surface area contributed by atoms with Crippen molar-refractivity contribution in [1.29, 1.82) is 0 Å². The summed E-state index contributed by atoms with van der Waals surface area (Å²) in [7, 11) is 0. The van der Waals surface area contributed by atoms with Gasteiger partial charge in [0.1, 0.15) is 0 Å². The number of carbonyl (C=O) groups is 1. The van der Waals surface area contributed by atoms with Gasteiger partial charge in [0.25, 0.3) is 0 Å². The first-order valence-electron chi connectivity index (χ1n) is 6.87. The van der Waals surface area contributed by atoms with Crippen molar-refractivity contribution in [2.24, 2.45) is 11.7 Å². The summed E-state index contributed by atoms with van der Waals surface area (Å²) in [6.07, 6.45) is 6.44.